The fraction of sp³-hybridized carbons (Fsp3) is 0.348. The number of thiophene rings is 1. The summed E-state index contributed by atoms with van der Waals surface area (Å²) in [6.45, 7) is 0.975. The molecule has 178 valence electrons. The summed E-state index contributed by atoms with van der Waals surface area (Å²) in [5.74, 6) is 3.54. The number of aromatic nitrogens is 4. The highest BCUT2D eigenvalue weighted by molar-refractivity contribution is 7.17. The Morgan fingerprint density at radius 2 is 1.94 bits per heavy atom. The number of aliphatic hydroxyl groups is 1. The molecular weight excluding hydrogens is 456 g/mol. The molecule has 1 fully saturated rings. The molecule has 1 aliphatic heterocycles. The number of nitrogens with zero attached hydrogens (tertiary/aromatic N) is 5. The third kappa shape index (κ3) is 3.97. The van der Waals surface area contributed by atoms with Crippen LogP contribution in [-0.2, 0) is 0 Å². The van der Waals surface area contributed by atoms with Gasteiger partial charge in [-0.2, -0.15) is 4.98 Å². The molecule has 0 bridgehead atoms. The van der Waals surface area contributed by atoms with Crippen LogP contribution in [0.5, 0.6) is 17.2 Å². The van der Waals surface area contributed by atoms with E-state index in [4.69, 9.17) is 19.2 Å². The van der Waals surface area contributed by atoms with Crippen LogP contribution in [0.3, 0.4) is 0 Å². The number of ether oxygens (including phenoxy) is 3. The van der Waals surface area contributed by atoms with Crippen LogP contribution in [0.15, 0.2) is 36.1 Å². The Labute approximate surface area is 200 Å². The molecule has 0 unspecified atom stereocenters. The van der Waals surface area contributed by atoms with Gasteiger partial charge in [0, 0.05) is 18.7 Å². The van der Waals surface area contributed by atoms with Crippen molar-refractivity contribution in [3.8, 4) is 22.9 Å². The lowest BCUT2D eigenvalue weighted by Gasteiger charge is -2.24. The fourth-order valence-electron chi connectivity index (χ4n) is 4.26. The van der Waals surface area contributed by atoms with Gasteiger partial charge in [0.15, 0.2) is 23.1 Å². The molecule has 0 spiro atoms. The van der Waals surface area contributed by atoms with Gasteiger partial charge in [-0.05, 0) is 24.3 Å². The summed E-state index contributed by atoms with van der Waals surface area (Å²) in [5, 5.41) is 15.0. The van der Waals surface area contributed by atoms with Gasteiger partial charge in [-0.25, -0.2) is 9.97 Å². The van der Waals surface area contributed by atoms with Crippen molar-refractivity contribution < 1.29 is 19.3 Å². The van der Waals surface area contributed by atoms with Gasteiger partial charge in [0.2, 0.25) is 11.7 Å². The molecule has 0 amide bonds. The van der Waals surface area contributed by atoms with Gasteiger partial charge in [-0.1, -0.05) is 0 Å². The third-order valence-corrected chi connectivity index (χ3v) is 6.82. The monoisotopic (exact) mass is 482 g/mol. The van der Waals surface area contributed by atoms with Crippen molar-refractivity contribution in [2.45, 2.75) is 18.9 Å². The summed E-state index contributed by atoms with van der Waals surface area (Å²) in [4.78, 5) is 16.1. The molecule has 1 saturated heterocycles. The minimum atomic E-state index is 0.0762. The largest absolute Gasteiger partial charge is 0.493 e. The van der Waals surface area contributed by atoms with E-state index < -0.39 is 0 Å². The first-order chi connectivity index (χ1) is 16.6. The fourth-order valence-corrected chi connectivity index (χ4v) is 5.10. The lowest BCUT2D eigenvalue weighted by Crippen LogP contribution is -2.33. The van der Waals surface area contributed by atoms with E-state index in [2.05, 4.69) is 20.2 Å². The summed E-state index contributed by atoms with van der Waals surface area (Å²) in [7, 11) is 4.74. The normalized spacial score (nSPS) is 15.6. The lowest BCUT2D eigenvalue weighted by atomic mass is 10.2. The van der Waals surface area contributed by atoms with Crippen LogP contribution in [0.1, 0.15) is 12.8 Å². The molecular formula is C23H26N6O4S. The highest BCUT2D eigenvalue weighted by atomic mass is 32.1. The van der Waals surface area contributed by atoms with Crippen molar-refractivity contribution >= 4 is 39.1 Å². The topological polar surface area (TPSA) is 107 Å². The lowest BCUT2D eigenvalue weighted by molar-refractivity contribution is 0.266. The second kappa shape index (κ2) is 9.35. The SMILES string of the molecule is COc1cc(-n2cnc(Nc3nc(N4CCC[C@H]4CO)c4sccc4n3)c2)cc(OC)c1OC. The zero-order valence-electron chi connectivity index (χ0n) is 19.2. The van der Waals surface area contributed by atoms with E-state index in [1.165, 1.54) is 0 Å². The first-order valence-electron chi connectivity index (χ1n) is 10.9. The predicted octanol–water partition coefficient (Wildman–Crippen LogP) is 3.61. The van der Waals surface area contributed by atoms with Crippen LogP contribution in [0, 0.1) is 0 Å². The number of rotatable bonds is 8. The molecule has 1 aliphatic rings. The first-order valence-corrected chi connectivity index (χ1v) is 11.8. The van der Waals surface area contributed by atoms with Crippen LogP contribution in [0.25, 0.3) is 15.9 Å². The second-order valence-electron chi connectivity index (χ2n) is 7.85. The van der Waals surface area contributed by atoms with Crippen molar-refractivity contribution in [1.82, 2.24) is 19.5 Å². The van der Waals surface area contributed by atoms with Gasteiger partial charge in [-0.15, -0.1) is 11.3 Å². The first kappa shape index (κ1) is 22.2. The number of nitrogens with one attached hydrogen (secondary N) is 1. The van der Waals surface area contributed by atoms with E-state index in [1.807, 2.05) is 34.3 Å². The Bertz CT molecular complexity index is 1280. The van der Waals surface area contributed by atoms with Gasteiger partial charge in [0.25, 0.3) is 0 Å². The minimum absolute atomic E-state index is 0.0762. The van der Waals surface area contributed by atoms with E-state index >= 15 is 0 Å². The van der Waals surface area contributed by atoms with Crippen LogP contribution >= 0.6 is 11.3 Å². The number of benzene rings is 1. The molecule has 3 aromatic heterocycles. The van der Waals surface area contributed by atoms with Gasteiger partial charge >= 0.3 is 0 Å². The minimum Gasteiger partial charge on any atom is -0.493 e. The Hall–Kier alpha value is -3.57. The van der Waals surface area contributed by atoms with Crippen molar-refractivity contribution in [3.05, 3.63) is 36.1 Å². The van der Waals surface area contributed by atoms with E-state index in [9.17, 15) is 5.11 Å². The molecule has 0 aliphatic carbocycles. The number of methoxy groups -OCH3 is 3. The van der Waals surface area contributed by atoms with Crippen LogP contribution < -0.4 is 24.4 Å². The second-order valence-corrected chi connectivity index (χ2v) is 8.77. The quantitative estimate of drug-likeness (QED) is 0.389. The Morgan fingerprint density at radius 1 is 1.15 bits per heavy atom. The molecule has 11 heteroatoms. The Kier molecular flexibility index (Phi) is 6.12. The molecule has 4 aromatic rings. The number of anilines is 3. The maximum atomic E-state index is 9.81. The predicted molar refractivity (Wildman–Crippen MR) is 131 cm³/mol. The molecule has 5 rings (SSSR count). The highest BCUT2D eigenvalue weighted by Crippen LogP contribution is 2.39. The van der Waals surface area contributed by atoms with Crippen LogP contribution in [0.2, 0.25) is 0 Å². The average molecular weight is 483 g/mol. The van der Waals surface area contributed by atoms with Gasteiger partial charge in [-0.3, -0.25) is 0 Å². The maximum absolute atomic E-state index is 9.81. The zero-order valence-corrected chi connectivity index (χ0v) is 20.0. The van der Waals surface area contributed by atoms with Crippen molar-refractivity contribution in [2.75, 3.05) is 44.7 Å². The van der Waals surface area contributed by atoms with Gasteiger partial charge in [0.05, 0.1) is 56.1 Å². The van der Waals surface area contributed by atoms with Gasteiger partial charge in [0.1, 0.15) is 6.33 Å². The van der Waals surface area contributed by atoms with Crippen LogP contribution in [-0.4, -0.2) is 65.1 Å². The maximum Gasteiger partial charge on any atom is 0.231 e. The number of aliphatic hydroxyl groups excluding tert-OH is 1. The molecule has 2 N–H and O–H groups in total. The smallest absolute Gasteiger partial charge is 0.231 e. The summed E-state index contributed by atoms with van der Waals surface area (Å²) in [5.41, 5.74) is 1.66. The molecule has 34 heavy (non-hydrogen) atoms. The summed E-state index contributed by atoms with van der Waals surface area (Å²) in [6, 6.07) is 5.75. The Morgan fingerprint density at radius 3 is 2.65 bits per heavy atom. The number of imidazole rings is 1. The number of hydrogen-bond donors (Lipinski definition) is 2. The molecule has 10 nitrogen and oxygen atoms in total. The van der Waals surface area contributed by atoms with Crippen molar-refractivity contribution in [2.24, 2.45) is 0 Å². The highest BCUT2D eigenvalue weighted by Gasteiger charge is 2.27. The summed E-state index contributed by atoms with van der Waals surface area (Å²) >= 11 is 1.61. The van der Waals surface area contributed by atoms with Crippen molar-refractivity contribution in [3.63, 3.8) is 0 Å². The van der Waals surface area contributed by atoms with Crippen LogP contribution in [0.4, 0.5) is 17.6 Å². The molecule has 1 atom stereocenters. The zero-order chi connectivity index (χ0) is 23.7. The summed E-state index contributed by atoms with van der Waals surface area (Å²) in [6.07, 6.45) is 5.52. The third-order valence-electron chi connectivity index (χ3n) is 5.92. The van der Waals surface area contributed by atoms with E-state index in [-0.39, 0.29) is 12.6 Å². The van der Waals surface area contributed by atoms with E-state index in [1.54, 1.807) is 39.0 Å². The van der Waals surface area contributed by atoms with Gasteiger partial charge < -0.3 is 34.1 Å². The number of hydrogen-bond acceptors (Lipinski definition) is 10. The average Bonchev–Trinajstić information content (AvgIpc) is 3.63. The molecule has 1 aromatic carbocycles. The van der Waals surface area contributed by atoms with E-state index in [0.717, 1.165) is 41.1 Å². The molecule has 4 heterocycles. The Balaban J connectivity index is 1.46. The number of fused-ring (bicyclic) bond motifs is 1. The molecule has 0 radical (unpaired) electrons. The van der Waals surface area contributed by atoms with E-state index in [0.29, 0.717) is 29.0 Å². The van der Waals surface area contributed by atoms with Crippen molar-refractivity contribution in [1.29, 1.82) is 0 Å². The summed E-state index contributed by atoms with van der Waals surface area (Å²) < 4.78 is 19.2. The molecule has 0 saturated carbocycles. The standard InChI is InChI=1S/C23H26N6O4S/c1-31-17-9-15(10-18(32-2)20(17)33-3)28-11-19(24-13-28)26-23-25-16-6-8-34-21(16)22(27-23)29-7-4-5-14(29)12-30/h6,8-11,13-14,30H,4-5,7,12H2,1-3H3,(H,25,26,27)/t14-/m0/s1.